The lowest BCUT2D eigenvalue weighted by Crippen LogP contribution is -2.02. The third kappa shape index (κ3) is 7.49. The molecule has 0 aliphatic rings. The molecule has 5 heteroatoms. The minimum absolute atomic E-state index is 0.601. The van der Waals surface area contributed by atoms with Crippen LogP contribution < -0.4 is 0 Å². The van der Waals surface area contributed by atoms with Crippen LogP contribution in [-0.2, 0) is 0 Å². The van der Waals surface area contributed by atoms with E-state index in [2.05, 4.69) is 235 Å². The predicted molar refractivity (Wildman–Crippen MR) is 311 cm³/mol. The standard InChI is InChI=1S/C69H44N4S/c1-7-22-45(23-8-1)61-62(46-24-9-2-10-25-46)64(48-28-13-4-14-29-48)66-65(63(61)47-26-11-3-12-27-47)57-43-51(52-38-40-56-55-36-19-20-37-59(55)74-60(56)44-52)39-41-58(57)73(66)54-35-21-34-53(42-54)69-71-67(49-30-15-5-16-31-49)70-68(72-69)50-32-17-6-18-33-50/h1-44H. The summed E-state index contributed by atoms with van der Waals surface area (Å²) in [6.07, 6.45) is 0. The van der Waals surface area contributed by atoms with Crippen molar-refractivity contribution in [2.75, 3.05) is 0 Å². The second-order valence-electron chi connectivity index (χ2n) is 18.7. The number of benzene rings is 11. The Hall–Kier alpha value is -9.55. The maximum absolute atomic E-state index is 5.21. The van der Waals surface area contributed by atoms with E-state index in [9.17, 15) is 0 Å². The molecule has 11 aromatic carbocycles. The first kappa shape index (κ1) is 43.3. The monoisotopic (exact) mass is 960 g/mol. The summed E-state index contributed by atoms with van der Waals surface area (Å²) in [5, 5.41) is 4.92. The van der Waals surface area contributed by atoms with Crippen molar-refractivity contribution in [2.24, 2.45) is 0 Å². The number of fused-ring (bicyclic) bond motifs is 6. The lowest BCUT2D eigenvalue weighted by molar-refractivity contribution is 1.07. The zero-order chi connectivity index (χ0) is 49.0. The smallest absolute Gasteiger partial charge is 0.164 e. The van der Waals surface area contributed by atoms with Gasteiger partial charge in [0.05, 0.1) is 11.0 Å². The number of nitrogens with zero attached hydrogens (tertiary/aromatic N) is 4. The molecule has 0 unspecified atom stereocenters. The van der Waals surface area contributed by atoms with Gasteiger partial charge in [-0.05, 0) is 75.3 Å². The number of rotatable bonds is 9. The summed E-state index contributed by atoms with van der Waals surface area (Å²) in [6.45, 7) is 0. The van der Waals surface area contributed by atoms with Gasteiger partial charge in [-0.2, -0.15) is 0 Å². The zero-order valence-corrected chi connectivity index (χ0v) is 40.9. The molecule has 0 bridgehead atoms. The third-order valence-corrected chi connectivity index (χ3v) is 15.4. The van der Waals surface area contributed by atoms with E-state index in [0.29, 0.717) is 17.5 Å². The third-order valence-electron chi connectivity index (χ3n) is 14.2. The van der Waals surface area contributed by atoms with Crippen LogP contribution >= 0.6 is 11.3 Å². The summed E-state index contributed by atoms with van der Waals surface area (Å²) in [7, 11) is 0. The molecule has 0 aliphatic heterocycles. The van der Waals surface area contributed by atoms with Crippen molar-refractivity contribution in [2.45, 2.75) is 0 Å². The fraction of sp³-hybridized carbons (Fsp3) is 0. The van der Waals surface area contributed by atoms with Crippen LogP contribution in [0, 0.1) is 0 Å². The van der Waals surface area contributed by atoms with E-state index in [1.54, 1.807) is 0 Å². The van der Waals surface area contributed by atoms with Gasteiger partial charge in [-0.3, -0.25) is 0 Å². The lowest BCUT2D eigenvalue weighted by atomic mass is 9.80. The van der Waals surface area contributed by atoms with Crippen molar-refractivity contribution >= 4 is 53.3 Å². The molecule has 4 nitrogen and oxygen atoms in total. The van der Waals surface area contributed by atoms with Gasteiger partial charge in [0.25, 0.3) is 0 Å². The molecule has 0 saturated carbocycles. The fourth-order valence-corrected chi connectivity index (χ4v) is 12.1. The maximum Gasteiger partial charge on any atom is 0.164 e. The Morgan fingerprint density at radius 3 is 1.28 bits per heavy atom. The summed E-state index contributed by atoms with van der Waals surface area (Å²) in [5.41, 5.74) is 17.5. The highest BCUT2D eigenvalue weighted by molar-refractivity contribution is 7.25. The average Bonchev–Trinajstić information content (AvgIpc) is 4.10. The normalized spacial score (nSPS) is 11.5. The lowest BCUT2D eigenvalue weighted by Gasteiger charge is -2.24. The molecule has 0 saturated heterocycles. The number of hydrogen-bond donors (Lipinski definition) is 0. The topological polar surface area (TPSA) is 43.6 Å². The Labute approximate surface area is 432 Å². The van der Waals surface area contributed by atoms with Crippen LogP contribution in [0.3, 0.4) is 0 Å². The molecule has 0 N–H and O–H groups in total. The Balaban J connectivity index is 1.13. The fourth-order valence-electron chi connectivity index (χ4n) is 10.9. The molecule has 346 valence electrons. The predicted octanol–water partition coefficient (Wildman–Crippen LogP) is 18.7. The van der Waals surface area contributed by atoms with Crippen LogP contribution in [0.5, 0.6) is 0 Å². The van der Waals surface area contributed by atoms with Crippen LogP contribution in [0.15, 0.2) is 267 Å². The summed E-state index contributed by atoms with van der Waals surface area (Å²) in [5.74, 6) is 1.85. The quantitative estimate of drug-likeness (QED) is 0.145. The van der Waals surface area contributed by atoms with Crippen LogP contribution in [0.1, 0.15) is 0 Å². The van der Waals surface area contributed by atoms with Gasteiger partial charge in [0.15, 0.2) is 17.5 Å². The minimum Gasteiger partial charge on any atom is -0.309 e. The summed E-state index contributed by atoms with van der Waals surface area (Å²) < 4.78 is 5.08. The van der Waals surface area contributed by atoms with Gasteiger partial charge in [-0.1, -0.05) is 231 Å². The molecule has 74 heavy (non-hydrogen) atoms. The summed E-state index contributed by atoms with van der Waals surface area (Å²) in [4.78, 5) is 15.5. The van der Waals surface area contributed by atoms with Crippen LogP contribution in [0.4, 0.5) is 0 Å². The SMILES string of the molecule is c1ccc(-c2nc(-c3ccccc3)nc(-c3cccc(-n4c5ccc(-c6ccc7c(c6)sc6ccccc67)cc5c5c(-c6ccccc6)c(-c6ccccc6)c(-c6ccccc6)c(-c6ccccc6)c54)c3)n2)cc1. The molecule has 0 atom stereocenters. The van der Waals surface area contributed by atoms with Gasteiger partial charge in [0.2, 0.25) is 0 Å². The molecular weight excluding hydrogens is 917 g/mol. The molecule has 14 aromatic rings. The Morgan fingerprint density at radius 1 is 0.270 bits per heavy atom. The van der Waals surface area contributed by atoms with Gasteiger partial charge in [-0.25, -0.2) is 15.0 Å². The van der Waals surface area contributed by atoms with Gasteiger partial charge < -0.3 is 4.57 Å². The molecular formula is C69H44N4S. The second kappa shape index (κ2) is 18.2. The molecule has 3 heterocycles. The van der Waals surface area contributed by atoms with Gasteiger partial charge in [-0.15, -0.1) is 11.3 Å². The molecule has 0 fully saturated rings. The first-order valence-corrected chi connectivity index (χ1v) is 25.8. The van der Waals surface area contributed by atoms with Gasteiger partial charge in [0, 0.05) is 70.0 Å². The largest absolute Gasteiger partial charge is 0.309 e. The van der Waals surface area contributed by atoms with Crippen molar-refractivity contribution in [3.05, 3.63) is 267 Å². The Bertz CT molecular complexity index is 4320. The van der Waals surface area contributed by atoms with E-state index < -0.39 is 0 Å². The van der Waals surface area contributed by atoms with Gasteiger partial charge in [0.1, 0.15) is 0 Å². The highest BCUT2D eigenvalue weighted by Crippen LogP contribution is 2.54. The molecule has 0 amide bonds. The van der Waals surface area contributed by atoms with Gasteiger partial charge >= 0.3 is 0 Å². The van der Waals surface area contributed by atoms with Crippen molar-refractivity contribution in [1.29, 1.82) is 0 Å². The average molecular weight is 961 g/mol. The molecule has 14 rings (SSSR count). The van der Waals surface area contributed by atoms with Crippen molar-refractivity contribution < 1.29 is 0 Å². The first-order valence-electron chi connectivity index (χ1n) is 25.0. The first-order chi connectivity index (χ1) is 36.7. The molecule has 0 aliphatic carbocycles. The molecule has 0 spiro atoms. The molecule has 3 aromatic heterocycles. The number of thiophene rings is 1. The summed E-state index contributed by atoms with van der Waals surface area (Å²) in [6, 6.07) is 95.8. The van der Waals surface area contributed by atoms with E-state index in [0.717, 1.165) is 72.2 Å². The Morgan fingerprint density at radius 2 is 0.703 bits per heavy atom. The van der Waals surface area contributed by atoms with E-state index in [1.807, 2.05) is 47.7 Å². The highest BCUT2D eigenvalue weighted by Gasteiger charge is 2.29. The van der Waals surface area contributed by atoms with Crippen LogP contribution in [0.25, 0.3) is 137 Å². The molecule has 0 radical (unpaired) electrons. The van der Waals surface area contributed by atoms with E-state index >= 15 is 0 Å². The second-order valence-corrected chi connectivity index (χ2v) is 19.7. The number of hydrogen-bond acceptors (Lipinski definition) is 4. The Kier molecular flexibility index (Phi) is 10.7. The van der Waals surface area contributed by atoms with E-state index in [4.69, 9.17) is 15.0 Å². The minimum atomic E-state index is 0.601. The summed E-state index contributed by atoms with van der Waals surface area (Å²) >= 11 is 1.86. The maximum atomic E-state index is 5.21. The van der Waals surface area contributed by atoms with Crippen molar-refractivity contribution in [3.8, 4) is 95.5 Å². The number of aromatic nitrogens is 4. The van der Waals surface area contributed by atoms with Crippen molar-refractivity contribution in [3.63, 3.8) is 0 Å². The zero-order valence-electron chi connectivity index (χ0n) is 40.1. The van der Waals surface area contributed by atoms with E-state index in [1.165, 1.54) is 47.8 Å². The van der Waals surface area contributed by atoms with Crippen LogP contribution in [0.2, 0.25) is 0 Å². The highest BCUT2D eigenvalue weighted by atomic mass is 32.1. The van der Waals surface area contributed by atoms with E-state index in [-0.39, 0.29) is 0 Å². The van der Waals surface area contributed by atoms with Crippen LogP contribution in [-0.4, -0.2) is 19.5 Å². The van der Waals surface area contributed by atoms with Crippen molar-refractivity contribution in [1.82, 2.24) is 19.5 Å².